The highest BCUT2D eigenvalue weighted by Crippen LogP contribution is 2.26. The van der Waals surface area contributed by atoms with Crippen LogP contribution in [-0.2, 0) is 6.54 Å². The Hall–Kier alpha value is -1.94. The average Bonchev–Trinajstić information content (AvgIpc) is 2.38. The van der Waals surface area contributed by atoms with Crippen molar-refractivity contribution < 1.29 is 9.84 Å². The van der Waals surface area contributed by atoms with Gasteiger partial charge in [-0.2, -0.15) is 0 Å². The van der Waals surface area contributed by atoms with E-state index in [1.165, 1.54) is 7.11 Å². The fourth-order valence-corrected chi connectivity index (χ4v) is 1.64. The summed E-state index contributed by atoms with van der Waals surface area (Å²) in [6.07, 6.45) is 1.66. The van der Waals surface area contributed by atoms with Crippen molar-refractivity contribution in [1.29, 1.82) is 0 Å². The molecule has 0 saturated carbocycles. The molecular weight excluding hydrogens is 252 g/mol. The lowest BCUT2D eigenvalue weighted by Gasteiger charge is -2.08. The van der Waals surface area contributed by atoms with Gasteiger partial charge in [0.25, 0.3) is 0 Å². The van der Waals surface area contributed by atoms with E-state index in [9.17, 15) is 5.11 Å². The molecule has 2 N–H and O–H groups in total. The molecule has 0 saturated heterocycles. The highest BCUT2D eigenvalue weighted by molar-refractivity contribution is 6.29. The van der Waals surface area contributed by atoms with Crippen molar-refractivity contribution in [1.82, 2.24) is 4.98 Å². The van der Waals surface area contributed by atoms with Crippen molar-refractivity contribution in [3.8, 4) is 11.5 Å². The van der Waals surface area contributed by atoms with Crippen LogP contribution in [0.4, 0.5) is 5.69 Å². The molecule has 0 radical (unpaired) electrons. The molecule has 94 valence electrons. The van der Waals surface area contributed by atoms with Crippen LogP contribution in [-0.4, -0.2) is 17.2 Å². The Balaban J connectivity index is 2.02. The van der Waals surface area contributed by atoms with Crippen molar-refractivity contribution in [2.24, 2.45) is 0 Å². The summed E-state index contributed by atoms with van der Waals surface area (Å²) in [4.78, 5) is 3.97. The molecule has 5 heteroatoms. The van der Waals surface area contributed by atoms with E-state index in [2.05, 4.69) is 10.3 Å². The van der Waals surface area contributed by atoms with Gasteiger partial charge in [0.1, 0.15) is 5.15 Å². The maximum absolute atomic E-state index is 9.64. The zero-order valence-corrected chi connectivity index (χ0v) is 10.6. The number of hydrogen-bond donors (Lipinski definition) is 2. The summed E-state index contributed by atoms with van der Waals surface area (Å²) < 4.78 is 4.98. The minimum atomic E-state index is 0.131. The van der Waals surface area contributed by atoms with Crippen molar-refractivity contribution in [3.63, 3.8) is 0 Å². The van der Waals surface area contributed by atoms with E-state index < -0.39 is 0 Å². The predicted molar refractivity (Wildman–Crippen MR) is 71.2 cm³/mol. The lowest BCUT2D eigenvalue weighted by atomic mass is 10.2. The summed E-state index contributed by atoms with van der Waals surface area (Å²) in [6.45, 7) is 0.584. The number of nitrogens with one attached hydrogen (secondary N) is 1. The van der Waals surface area contributed by atoms with Gasteiger partial charge in [-0.1, -0.05) is 17.7 Å². The fraction of sp³-hybridized carbons (Fsp3) is 0.154. The van der Waals surface area contributed by atoms with Crippen LogP contribution in [0.3, 0.4) is 0 Å². The Morgan fingerprint density at radius 1 is 1.33 bits per heavy atom. The molecule has 1 aromatic carbocycles. The largest absolute Gasteiger partial charge is 0.504 e. The van der Waals surface area contributed by atoms with Crippen LogP contribution in [0, 0.1) is 0 Å². The SMILES string of the molecule is COc1ccc(CNc2ccc(Cl)nc2)cc1O. The zero-order valence-electron chi connectivity index (χ0n) is 9.85. The number of anilines is 1. The second-order valence-corrected chi connectivity index (χ2v) is 4.12. The second kappa shape index (κ2) is 5.60. The van der Waals surface area contributed by atoms with Gasteiger partial charge in [0, 0.05) is 6.54 Å². The highest BCUT2D eigenvalue weighted by Gasteiger charge is 2.02. The average molecular weight is 265 g/mol. The Morgan fingerprint density at radius 3 is 2.78 bits per heavy atom. The van der Waals surface area contributed by atoms with E-state index in [0.717, 1.165) is 11.3 Å². The normalized spacial score (nSPS) is 10.1. The number of hydrogen-bond acceptors (Lipinski definition) is 4. The number of halogens is 1. The number of aromatic hydroxyl groups is 1. The van der Waals surface area contributed by atoms with E-state index >= 15 is 0 Å². The van der Waals surface area contributed by atoms with Crippen molar-refractivity contribution in [2.75, 3.05) is 12.4 Å². The smallest absolute Gasteiger partial charge is 0.160 e. The van der Waals surface area contributed by atoms with E-state index in [0.29, 0.717) is 17.4 Å². The maximum atomic E-state index is 9.64. The zero-order chi connectivity index (χ0) is 13.0. The molecule has 0 bridgehead atoms. The van der Waals surface area contributed by atoms with Crippen LogP contribution in [0.15, 0.2) is 36.5 Å². The molecule has 18 heavy (non-hydrogen) atoms. The Morgan fingerprint density at radius 2 is 2.17 bits per heavy atom. The third-order valence-corrected chi connectivity index (χ3v) is 2.69. The van der Waals surface area contributed by atoms with Gasteiger partial charge < -0.3 is 15.2 Å². The number of benzene rings is 1. The van der Waals surface area contributed by atoms with Gasteiger partial charge in [-0.25, -0.2) is 4.98 Å². The molecular formula is C13H13ClN2O2. The molecule has 0 spiro atoms. The molecule has 0 amide bonds. The number of phenols is 1. The quantitative estimate of drug-likeness (QED) is 0.834. The van der Waals surface area contributed by atoms with Crippen LogP contribution in [0.5, 0.6) is 11.5 Å². The summed E-state index contributed by atoms with van der Waals surface area (Å²) in [5.74, 6) is 0.595. The number of methoxy groups -OCH3 is 1. The minimum Gasteiger partial charge on any atom is -0.504 e. The summed E-state index contributed by atoms with van der Waals surface area (Å²) >= 11 is 5.70. The molecule has 0 aliphatic carbocycles. The van der Waals surface area contributed by atoms with Crippen molar-refractivity contribution in [3.05, 3.63) is 47.2 Å². The number of nitrogens with zero attached hydrogens (tertiary/aromatic N) is 1. The predicted octanol–water partition coefficient (Wildman–Crippen LogP) is 3.06. The summed E-state index contributed by atoms with van der Waals surface area (Å²) in [7, 11) is 1.52. The van der Waals surface area contributed by atoms with Crippen LogP contribution < -0.4 is 10.1 Å². The third kappa shape index (κ3) is 3.05. The van der Waals surface area contributed by atoms with Crippen molar-refractivity contribution in [2.45, 2.75) is 6.54 Å². The highest BCUT2D eigenvalue weighted by atomic mass is 35.5. The molecule has 0 atom stereocenters. The fourth-order valence-electron chi connectivity index (χ4n) is 1.53. The number of aromatic nitrogens is 1. The van der Waals surface area contributed by atoms with E-state index in [1.807, 2.05) is 12.1 Å². The van der Waals surface area contributed by atoms with Crippen LogP contribution in [0.25, 0.3) is 0 Å². The lowest BCUT2D eigenvalue weighted by molar-refractivity contribution is 0.373. The van der Waals surface area contributed by atoms with Crippen LogP contribution in [0.2, 0.25) is 5.15 Å². The van der Waals surface area contributed by atoms with Gasteiger partial charge in [-0.3, -0.25) is 0 Å². The number of pyridine rings is 1. The molecule has 4 nitrogen and oxygen atoms in total. The first-order valence-electron chi connectivity index (χ1n) is 5.40. The molecule has 0 aliphatic heterocycles. The monoisotopic (exact) mass is 264 g/mol. The third-order valence-electron chi connectivity index (χ3n) is 2.47. The molecule has 0 aliphatic rings. The van der Waals surface area contributed by atoms with Gasteiger partial charge in [-0.15, -0.1) is 0 Å². The van der Waals surface area contributed by atoms with Gasteiger partial charge in [0.2, 0.25) is 0 Å². The summed E-state index contributed by atoms with van der Waals surface area (Å²) in [5.41, 5.74) is 1.82. The summed E-state index contributed by atoms with van der Waals surface area (Å²) in [6, 6.07) is 8.84. The standard InChI is InChI=1S/C13H13ClN2O2/c1-18-12-4-2-9(6-11(12)17)7-15-10-3-5-13(14)16-8-10/h2-6,8,15,17H,7H2,1H3. The Labute approximate surface area is 110 Å². The summed E-state index contributed by atoms with van der Waals surface area (Å²) in [5, 5.41) is 13.3. The number of rotatable bonds is 4. The number of phenolic OH excluding ortho intramolecular Hbond substituents is 1. The minimum absolute atomic E-state index is 0.131. The van der Waals surface area contributed by atoms with Crippen LogP contribution in [0.1, 0.15) is 5.56 Å². The molecule has 1 heterocycles. The topological polar surface area (TPSA) is 54.4 Å². The van der Waals surface area contributed by atoms with Gasteiger partial charge in [0.15, 0.2) is 11.5 Å². The first-order valence-corrected chi connectivity index (χ1v) is 5.78. The number of ether oxygens (including phenoxy) is 1. The van der Waals surface area contributed by atoms with Gasteiger partial charge in [-0.05, 0) is 29.8 Å². The maximum Gasteiger partial charge on any atom is 0.160 e. The molecule has 0 unspecified atom stereocenters. The molecule has 0 fully saturated rings. The first kappa shape index (κ1) is 12.5. The Bertz CT molecular complexity index is 529. The van der Waals surface area contributed by atoms with Crippen molar-refractivity contribution >= 4 is 17.3 Å². The second-order valence-electron chi connectivity index (χ2n) is 3.73. The van der Waals surface area contributed by atoms with Crippen LogP contribution >= 0.6 is 11.6 Å². The first-order chi connectivity index (χ1) is 8.69. The molecule has 2 aromatic rings. The van der Waals surface area contributed by atoms with Gasteiger partial charge in [0.05, 0.1) is 19.0 Å². The lowest BCUT2D eigenvalue weighted by Crippen LogP contribution is -1.99. The van der Waals surface area contributed by atoms with E-state index in [1.54, 1.807) is 24.4 Å². The van der Waals surface area contributed by atoms with E-state index in [4.69, 9.17) is 16.3 Å². The van der Waals surface area contributed by atoms with E-state index in [-0.39, 0.29) is 5.75 Å². The Kier molecular flexibility index (Phi) is 3.89. The molecule has 1 aromatic heterocycles. The van der Waals surface area contributed by atoms with Gasteiger partial charge >= 0.3 is 0 Å². The molecule has 2 rings (SSSR count).